The first-order chi connectivity index (χ1) is 13.2. The largest absolute Gasteiger partial charge is 0.495 e. The van der Waals surface area contributed by atoms with Gasteiger partial charge in [0.25, 0.3) is 5.91 Å². The molecule has 1 heterocycles. The molecule has 150 valence electrons. The lowest BCUT2D eigenvalue weighted by Gasteiger charge is -2.21. The van der Waals surface area contributed by atoms with Crippen molar-refractivity contribution >= 4 is 50.5 Å². The van der Waals surface area contributed by atoms with E-state index in [0.29, 0.717) is 27.2 Å². The van der Waals surface area contributed by atoms with E-state index in [-0.39, 0.29) is 18.7 Å². The highest BCUT2D eigenvalue weighted by Gasteiger charge is 2.31. The number of fused-ring (bicyclic) bond motifs is 1. The number of ether oxygens (including phenoxy) is 2. The maximum absolute atomic E-state index is 12.7. The number of nitrogens with one attached hydrogen (secondary N) is 1. The first-order valence-electron chi connectivity index (χ1n) is 8.27. The minimum absolute atomic E-state index is 0.0770. The highest BCUT2D eigenvalue weighted by Crippen LogP contribution is 2.36. The lowest BCUT2D eigenvalue weighted by Crippen LogP contribution is -2.35. The van der Waals surface area contributed by atoms with Crippen molar-refractivity contribution in [2.45, 2.75) is 12.5 Å². The average Bonchev–Trinajstić information content (AvgIpc) is 2.81. The van der Waals surface area contributed by atoms with Gasteiger partial charge >= 0.3 is 0 Å². The Kier molecular flexibility index (Phi) is 5.92. The zero-order valence-electron chi connectivity index (χ0n) is 15.1. The number of methoxy groups -OCH3 is 1. The van der Waals surface area contributed by atoms with Crippen molar-refractivity contribution < 1.29 is 22.7 Å². The van der Waals surface area contributed by atoms with Crippen LogP contribution in [0.4, 0.5) is 11.4 Å². The predicted octanol–water partition coefficient (Wildman–Crippen LogP) is 3.56. The topological polar surface area (TPSA) is 84.9 Å². The third-order valence-electron chi connectivity index (χ3n) is 4.17. The van der Waals surface area contributed by atoms with Crippen LogP contribution in [0.2, 0.25) is 10.0 Å². The summed E-state index contributed by atoms with van der Waals surface area (Å²) in [6.07, 6.45) is 0.361. The fourth-order valence-electron chi connectivity index (χ4n) is 2.85. The number of anilines is 2. The molecule has 1 aliphatic heterocycles. The molecular weight excluding hydrogens is 427 g/mol. The number of halogens is 2. The number of sulfonamides is 1. The van der Waals surface area contributed by atoms with Gasteiger partial charge in [0, 0.05) is 23.7 Å². The molecule has 1 unspecified atom stereocenters. The number of nitrogens with zero attached hydrogens (tertiary/aromatic N) is 1. The second kappa shape index (κ2) is 8.06. The van der Waals surface area contributed by atoms with Gasteiger partial charge in [-0.15, -0.1) is 0 Å². The van der Waals surface area contributed by atoms with Gasteiger partial charge in [-0.2, -0.15) is 0 Å². The van der Waals surface area contributed by atoms with E-state index in [9.17, 15) is 13.2 Å². The Morgan fingerprint density at radius 1 is 1.25 bits per heavy atom. The maximum atomic E-state index is 12.7. The molecule has 0 saturated heterocycles. The summed E-state index contributed by atoms with van der Waals surface area (Å²) in [5.41, 5.74) is 0.776. The molecule has 1 amide bonds. The fourth-order valence-corrected chi connectivity index (χ4v) is 4.21. The summed E-state index contributed by atoms with van der Waals surface area (Å²) in [6.45, 7) is 0.0770. The molecule has 1 aliphatic rings. The second-order valence-corrected chi connectivity index (χ2v) is 8.93. The van der Waals surface area contributed by atoms with Crippen LogP contribution in [0, 0.1) is 0 Å². The molecule has 0 fully saturated rings. The molecule has 28 heavy (non-hydrogen) atoms. The van der Waals surface area contributed by atoms with Crippen LogP contribution >= 0.6 is 23.2 Å². The molecule has 7 nitrogen and oxygen atoms in total. The summed E-state index contributed by atoms with van der Waals surface area (Å²) in [4.78, 5) is 12.7. The number of hydrogen-bond donors (Lipinski definition) is 1. The van der Waals surface area contributed by atoms with Crippen molar-refractivity contribution in [3.8, 4) is 11.5 Å². The van der Waals surface area contributed by atoms with E-state index in [4.69, 9.17) is 32.7 Å². The van der Waals surface area contributed by atoms with E-state index in [2.05, 4.69) is 5.32 Å². The summed E-state index contributed by atoms with van der Waals surface area (Å²) in [6, 6.07) is 9.47. The Labute approximate surface area is 173 Å². The van der Waals surface area contributed by atoms with Crippen LogP contribution < -0.4 is 19.1 Å². The van der Waals surface area contributed by atoms with Gasteiger partial charge in [-0.3, -0.25) is 9.10 Å². The molecule has 0 saturated carbocycles. The summed E-state index contributed by atoms with van der Waals surface area (Å²) in [7, 11) is -2.07. The molecule has 2 aromatic carbocycles. The van der Waals surface area contributed by atoms with Crippen LogP contribution in [-0.4, -0.2) is 40.3 Å². The molecule has 2 aromatic rings. The molecule has 0 aliphatic carbocycles. The van der Waals surface area contributed by atoms with Gasteiger partial charge in [0.15, 0.2) is 6.10 Å². The van der Waals surface area contributed by atoms with E-state index in [0.717, 1.165) is 6.26 Å². The van der Waals surface area contributed by atoms with E-state index < -0.39 is 22.0 Å². The van der Waals surface area contributed by atoms with Gasteiger partial charge in [0.1, 0.15) is 11.5 Å². The summed E-state index contributed by atoms with van der Waals surface area (Å²) in [5.74, 6) is 0.331. The number of rotatable bonds is 4. The fraction of sp³-hybridized carbons (Fsp3) is 0.278. The maximum Gasteiger partial charge on any atom is 0.265 e. The van der Waals surface area contributed by atoms with Gasteiger partial charge < -0.3 is 14.8 Å². The van der Waals surface area contributed by atoms with E-state index >= 15 is 0 Å². The first-order valence-corrected chi connectivity index (χ1v) is 10.9. The number of carbonyl (C=O) groups is 1. The number of carbonyl (C=O) groups excluding carboxylic acids is 1. The SMILES string of the molecule is COc1ccc(NC(=O)C2CCN(S(C)(=O)=O)c3cc(Cl)ccc3O2)cc1Cl. The minimum atomic E-state index is -3.57. The van der Waals surface area contributed by atoms with Crippen LogP contribution in [-0.2, 0) is 14.8 Å². The standard InChI is InChI=1S/C18H18Cl2N2O5S/c1-26-15-6-4-12(10-13(15)20)21-18(23)17-7-8-22(28(2,24)25)14-9-11(19)3-5-16(14)27-17/h3-6,9-10,17H,7-8H2,1-2H3,(H,21,23). The van der Waals surface area contributed by atoms with E-state index in [1.807, 2.05) is 0 Å². The lowest BCUT2D eigenvalue weighted by atomic mass is 10.2. The molecule has 1 N–H and O–H groups in total. The smallest absolute Gasteiger partial charge is 0.265 e. The molecular formula is C18H18Cl2N2O5S. The summed E-state index contributed by atoms with van der Waals surface area (Å²) < 4.78 is 36.4. The molecule has 1 atom stereocenters. The number of hydrogen-bond acceptors (Lipinski definition) is 5. The van der Waals surface area contributed by atoms with E-state index in [1.165, 1.54) is 17.5 Å². The first kappa shape index (κ1) is 20.6. The molecule has 0 radical (unpaired) electrons. The van der Waals surface area contributed by atoms with Crippen LogP contribution in [0.15, 0.2) is 36.4 Å². The zero-order chi connectivity index (χ0) is 20.5. The Hall–Kier alpha value is -2.16. The highest BCUT2D eigenvalue weighted by atomic mass is 35.5. The molecule has 10 heteroatoms. The number of amides is 1. The Bertz CT molecular complexity index is 1010. The van der Waals surface area contributed by atoms with E-state index in [1.54, 1.807) is 30.3 Å². The highest BCUT2D eigenvalue weighted by molar-refractivity contribution is 7.92. The minimum Gasteiger partial charge on any atom is -0.495 e. The Morgan fingerprint density at radius 2 is 2.00 bits per heavy atom. The second-order valence-electron chi connectivity index (χ2n) is 6.18. The summed E-state index contributed by atoms with van der Waals surface area (Å²) in [5, 5.41) is 3.45. The average molecular weight is 445 g/mol. The molecule has 0 bridgehead atoms. The molecule has 3 rings (SSSR count). The van der Waals surface area contributed by atoms with Crippen molar-refractivity contribution in [3.05, 3.63) is 46.4 Å². The zero-order valence-corrected chi connectivity index (χ0v) is 17.4. The van der Waals surface area contributed by atoms with Gasteiger partial charge in [-0.1, -0.05) is 23.2 Å². The third-order valence-corrected chi connectivity index (χ3v) is 5.88. The molecule has 0 aromatic heterocycles. The van der Waals surface area contributed by atoms with Gasteiger partial charge in [0.2, 0.25) is 10.0 Å². The van der Waals surface area contributed by atoms with Gasteiger partial charge in [-0.05, 0) is 36.4 Å². The lowest BCUT2D eigenvalue weighted by molar-refractivity contribution is -0.122. The van der Waals surface area contributed by atoms with Gasteiger partial charge in [-0.25, -0.2) is 8.42 Å². The van der Waals surface area contributed by atoms with Crippen LogP contribution in [0.1, 0.15) is 6.42 Å². The normalized spacial score (nSPS) is 16.6. The van der Waals surface area contributed by atoms with Crippen LogP contribution in [0.5, 0.6) is 11.5 Å². The van der Waals surface area contributed by atoms with Crippen molar-refractivity contribution in [2.24, 2.45) is 0 Å². The third kappa shape index (κ3) is 4.45. The Balaban J connectivity index is 1.85. The predicted molar refractivity (Wildman–Crippen MR) is 109 cm³/mol. The van der Waals surface area contributed by atoms with Crippen LogP contribution in [0.3, 0.4) is 0 Å². The van der Waals surface area contributed by atoms with Crippen molar-refractivity contribution in [1.29, 1.82) is 0 Å². The van der Waals surface area contributed by atoms with Crippen molar-refractivity contribution in [2.75, 3.05) is 29.5 Å². The quantitative estimate of drug-likeness (QED) is 0.778. The monoisotopic (exact) mass is 444 g/mol. The van der Waals surface area contributed by atoms with Crippen molar-refractivity contribution in [1.82, 2.24) is 0 Å². The summed E-state index contributed by atoms with van der Waals surface area (Å²) >= 11 is 12.1. The molecule has 0 spiro atoms. The Morgan fingerprint density at radius 3 is 2.64 bits per heavy atom. The van der Waals surface area contributed by atoms with Crippen molar-refractivity contribution in [3.63, 3.8) is 0 Å². The van der Waals surface area contributed by atoms with Gasteiger partial charge in [0.05, 0.1) is 24.1 Å². The van der Waals surface area contributed by atoms with Crippen LogP contribution in [0.25, 0.3) is 0 Å². The number of benzene rings is 2.